The molecule has 10 atom stereocenters. The van der Waals surface area contributed by atoms with Gasteiger partial charge in [0.25, 0.3) is 5.69 Å². The number of benzene rings is 6. The Labute approximate surface area is 591 Å². The average molecular weight is 1360 g/mol. The Morgan fingerprint density at radius 3 is 1.96 bits per heavy atom. The van der Waals surface area contributed by atoms with Crippen molar-refractivity contribution in [2.24, 2.45) is 46.3 Å². The van der Waals surface area contributed by atoms with Crippen molar-refractivity contribution in [1.29, 1.82) is 0 Å². The maximum absolute atomic E-state index is 14.7. The molecular formula is C83H104N6O11. The molecule has 532 valence electrons. The average Bonchev–Trinajstić information content (AvgIpc) is 1.40. The Hall–Kier alpha value is -8.67. The lowest BCUT2D eigenvalue weighted by molar-refractivity contribution is -0.384. The number of rotatable bonds is 34. The molecule has 6 aromatic carbocycles. The summed E-state index contributed by atoms with van der Waals surface area (Å²) < 4.78 is 22.6. The van der Waals surface area contributed by atoms with Crippen molar-refractivity contribution in [3.8, 4) is 11.5 Å². The highest BCUT2D eigenvalue weighted by Crippen LogP contribution is 2.67. The number of allylic oxidation sites excluding steroid dienone is 1. The number of methoxy groups -OCH3 is 1. The van der Waals surface area contributed by atoms with E-state index in [1.807, 2.05) is 78.9 Å². The van der Waals surface area contributed by atoms with Gasteiger partial charge in [0, 0.05) is 50.2 Å². The van der Waals surface area contributed by atoms with Crippen molar-refractivity contribution >= 4 is 41.2 Å². The van der Waals surface area contributed by atoms with Crippen LogP contribution in [0.1, 0.15) is 172 Å². The van der Waals surface area contributed by atoms with Crippen molar-refractivity contribution in [2.75, 3.05) is 32.1 Å². The van der Waals surface area contributed by atoms with Crippen LogP contribution in [0.25, 0.3) is 0 Å². The lowest BCUT2D eigenvalue weighted by atomic mass is 9.47. The van der Waals surface area contributed by atoms with Gasteiger partial charge < -0.3 is 40.2 Å². The zero-order valence-corrected chi connectivity index (χ0v) is 59.4. The van der Waals surface area contributed by atoms with Gasteiger partial charge >= 0.3 is 6.16 Å². The second-order valence-electron chi connectivity index (χ2n) is 29.3. The van der Waals surface area contributed by atoms with Gasteiger partial charge in [0.05, 0.1) is 23.7 Å². The number of hydrogen-bond donors (Lipinski definition) is 5. The number of nitro benzene ring substituents is 1. The van der Waals surface area contributed by atoms with Gasteiger partial charge in [-0.15, -0.1) is 0 Å². The van der Waals surface area contributed by atoms with E-state index in [0.29, 0.717) is 55.6 Å². The van der Waals surface area contributed by atoms with Crippen LogP contribution >= 0.6 is 0 Å². The third kappa shape index (κ3) is 18.8. The highest BCUT2D eigenvalue weighted by molar-refractivity contribution is 5.98. The summed E-state index contributed by atoms with van der Waals surface area (Å²) in [6.45, 7) is 13.8. The van der Waals surface area contributed by atoms with E-state index in [1.165, 1.54) is 82.1 Å². The molecule has 17 nitrogen and oxygen atoms in total. The summed E-state index contributed by atoms with van der Waals surface area (Å²) in [5, 5.41) is 26.8. The maximum Gasteiger partial charge on any atom is 0.514 e. The molecule has 3 fully saturated rings. The van der Waals surface area contributed by atoms with Crippen LogP contribution in [-0.4, -0.2) is 79.7 Å². The van der Waals surface area contributed by atoms with Crippen molar-refractivity contribution in [3.63, 3.8) is 0 Å². The fraction of sp³-hybridized carbons (Fsp3) is 0.482. The zero-order chi connectivity index (χ0) is 70.7. The molecule has 5 N–H and O–H groups in total. The Morgan fingerprint density at radius 1 is 0.630 bits per heavy atom. The summed E-state index contributed by atoms with van der Waals surface area (Å²) >= 11 is 0. The van der Waals surface area contributed by atoms with Gasteiger partial charge in [-0.3, -0.25) is 34.6 Å². The molecule has 4 aliphatic carbocycles. The van der Waals surface area contributed by atoms with E-state index in [2.05, 4.69) is 104 Å². The summed E-state index contributed by atoms with van der Waals surface area (Å²) in [5.41, 5.74) is 6.22. The van der Waals surface area contributed by atoms with E-state index >= 15 is 0 Å². The second kappa shape index (κ2) is 35.1. The summed E-state index contributed by atoms with van der Waals surface area (Å²) in [6.07, 6.45) is 17.6. The van der Waals surface area contributed by atoms with Crippen LogP contribution in [0.4, 0.5) is 16.2 Å². The zero-order valence-electron chi connectivity index (χ0n) is 59.4. The fourth-order valence-electron chi connectivity index (χ4n) is 17.1. The number of non-ortho nitro benzene ring substituents is 1. The van der Waals surface area contributed by atoms with Gasteiger partial charge in [0.2, 0.25) is 23.6 Å². The van der Waals surface area contributed by atoms with Crippen LogP contribution in [0, 0.1) is 56.5 Å². The third-order valence-electron chi connectivity index (χ3n) is 22.5. The number of unbranched alkanes of at least 4 members (excludes halogenated alkanes) is 1. The number of ether oxygens (including phenoxy) is 4. The lowest BCUT2D eigenvalue weighted by Crippen LogP contribution is -2.53. The van der Waals surface area contributed by atoms with Crippen LogP contribution in [0.2, 0.25) is 0 Å². The number of carbonyl (C=O) groups excluding carboxylic acids is 5. The number of fused-ring (bicyclic) bond motifs is 5. The first-order chi connectivity index (χ1) is 48.3. The SMILES string of the molecule is COc1ccc(C(NCCCC[C@@H](NC(=O)[C@@H](Cc2ccccc2)NC(=O)CCC(=O)NCCCO[C@H]2CC[C@@]3(C)C(=CC[C@H]4[C@@H]5CC[C@H]([C@H](C)CCCC(C)C)[C@@]5(C)CC[C@@H]43)C2)C(=O)Nc2ccc(COC(=O)Oc3ccc([N+](=O)[O-])cc3)cc2)(c2ccccc2)c2ccccc2)cc1. The first kappa shape index (κ1) is 74.0. The molecular weight excluding hydrogens is 1260 g/mol. The monoisotopic (exact) mass is 1360 g/mol. The van der Waals surface area contributed by atoms with Crippen LogP contribution in [0.5, 0.6) is 11.5 Å². The van der Waals surface area contributed by atoms with E-state index in [9.17, 15) is 34.1 Å². The molecule has 0 aromatic heterocycles. The summed E-state index contributed by atoms with van der Waals surface area (Å²) in [5.74, 6) is 3.81. The molecule has 0 unspecified atom stereocenters. The first-order valence-corrected chi connectivity index (χ1v) is 36.6. The summed E-state index contributed by atoms with van der Waals surface area (Å²) in [7, 11) is 1.64. The van der Waals surface area contributed by atoms with Crippen LogP contribution in [-0.2, 0) is 47.2 Å². The highest BCUT2D eigenvalue weighted by Gasteiger charge is 2.59. The van der Waals surface area contributed by atoms with Gasteiger partial charge in [-0.05, 0) is 194 Å². The van der Waals surface area contributed by atoms with Gasteiger partial charge in [-0.1, -0.05) is 181 Å². The topological polar surface area (TPSA) is 226 Å². The smallest absolute Gasteiger partial charge is 0.497 e. The minimum atomic E-state index is -1.10. The number of nitrogens with one attached hydrogen (secondary N) is 5. The largest absolute Gasteiger partial charge is 0.514 e. The summed E-state index contributed by atoms with van der Waals surface area (Å²) in [4.78, 5) is 79.5. The molecule has 6 aromatic rings. The fourth-order valence-corrected chi connectivity index (χ4v) is 17.1. The van der Waals surface area contributed by atoms with Crippen molar-refractivity contribution in [1.82, 2.24) is 21.3 Å². The minimum absolute atomic E-state index is 0.0737. The van der Waals surface area contributed by atoms with Crippen LogP contribution in [0.3, 0.4) is 0 Å². The van der Waals surface area contributed by atoms with E-state index in [4.69, 9.17) is 18.9 Å². The quantitative estimate of drug-likeness (QED) is 0.00484. The Balaban J connectivity index is 0.735. The second-order valence-corrected chi connectivity index (χ2v) is 29.3. The van der Waals surface area contributed by atoms with E-state index in [1.54, 1.807) is 36.9 Å². The lowest BCUT2D eigenvalue weighted by Gasteiger charge is -2.58. The van der Waals surface area contributed by atoms with Crippen LogP contribution in [0.15, 0.2) is 175 Å². The number of hydrogen-bond acceptors (Lipinski definition) is 12. The standard InChI is InChI=1S/C83H104N6O11/c1-57(2)20-18-21-58(3)71-43-44-72-70-42-33-64-55-69(47-49-81(64,4)73(70)48-50-82(71,72)5)98-53-19-51-84-76(90)45-46-77(91)87-75(54-59-22-10-7-11-23-59)79(93)88-74(78(92)86-65-34-29-60(30-35-65)56-99-80(94)100-68-40-36-66(37-41-68)89(95)96)28-16-17-52-85-83(61-24-12-8-13-25-61,62-26-14-9-15-27-62)63-31-38-67(97-6)39-32-63/h7-15,22-27,29-41,57-58,69-75,85H,16-21,28,42-56H2,1-6H3,(H,84,90)(H,86,92)(H,87,91)(H,88,93)/t58-,69+,70+,71-,72+,73+,74-,75-,81+,82-/m1/s1. The molecule has 0 aliphatic heterocycles. The van der Waals surface area contributed by atoms with Crippen molar-refractivity contribution in [2.45, 2.75) is 181 Å². The molecule has 4 amide bonds. The van der Waals surface area contributed by atoms with Crippen molar-refractivity contribution < 1.29 is 47.8 Å². The normalized spacial score (nSPS) is 21.7. The molecule has 4 aliphatic rings. The predicted molar refractivity (Wildman–Crippen MR) is 390 cm³/mol. The number of amides is 4. The molecule has 0 bridgehead atoms. The van der Waals surface area contributed by atoms with Crippen molar-refractivity contribution in [3.05, 3.63) is 213 Å². The number of carbonyl (C=O) groups is 5. The number of nitro groups is 1. The molecule has 0 heterocycles. The van der Waals surface area contributed by atoms with E-state index in [-0.39, 0.29) is 61.2 Å². The number of nitrogens with zero attached hydrogens (tertiary/aromatic N) is 1. The van der Waals surface area contributed by atoms with Gasteiger partial charge in [-0.25, -0.2) is 4.79 Å². The molecule has 100 heavy (non-hydrogen) atoms. The molecule has 10 rings (SSSR count). The third-order valence-corrected chi connectivity index (χ3v) is 22.5. The van der Waals surface area contributed by atoms with E-state index in [0.717, 1.165) is 76.4 Å². The minimum Gasteiger partial charge on any atom is -0.497 e. The van der Waals surface area contributed by atoms with Crippen LogP contribution < -0.4 is 36.1 Å². The molecule has 0 radical (unpaired) electrons. The van der Waals surface area contributed by atoms with Gasteiger partial charge in [0.1, 0.15) is 30.2 Å². The maximum atomic E-state index is 14.7. The van der Waals surface area contributed by atoms with E-state index < -0.39 is 46.4 Å². The molecule has 0 spiro atoms. The Bertz CT molecular complexity index is 3650. The Morgan fingerprint density at radius 2 is 1.29 bits per heavy atom. The Kier molecular flexibility index (Phi) is 26.0. The molecule has 17 heteroatoms. The predicted octanol–water partition coefficient (Wildman–Crippen LogP) is 15.9. The molecule has 3 saturated carbocycles. The molecule has 0 saturated heterocycles. The number of anilines is 1. The summed E-state index contributed by atoms with van der Waals surface area (Å²) in [6, 6.07) is 47.3. The van der Waals surface area contributed by atoms with Gasteiger partial charge in [0.15, 0.2) is 0 Å². The highest BCUT2D eigenvalue weighted by atomic mass is 16.7. The van der Waals surface area contributed by atoms with Gasteiger partial charge in [-0.2, -0.15) is 0 Å². The first-order valence-electron chi connectivity index (χ1n) is 36.6.